The molecule has 1 fully saturated rings. The van der Waals surface area contributed by atoms with Crippen LogP contribution in [0.3, 0.4) is 0 Å². The number of hydrogen-bond acceptors (Lipinski definition) is 10. The molecule has 14 heteroatoms. The van der Waals surface area contributed by atoms with Gasteiger partial charge in [0, 0.05) is 22.7 Å². The number of ether oxygens (including phenoxy) is 1. The summed E-state index contributed by atoms with van der Waals surface area (Å²) in [5, 5.41) is 12.9. The molecule has 0 aliphatic heterocycles. The van der Waals surface area contributed by atoms with Crippen LogP contribution in [0.5, 0.6) is 0 Å². The molecule has 1 amide bonds. The number of sulfone groups is 1. The zero-order chi connectivity index (χ0) is 29.3. The van der Waals surface area contributed by atoms with Gasteiger partial charge in [0.2, 0.25) is 9.84 Å². The Morgan fingerprint density at radius 1 is 0.976 bits per heavy atom. The van der Waals surface area contributed by atoms with Crippen molar-refractivity contribution in [2.24, 2.45) is 0 Å². The Morgan fingerprint density at radius 3 is 2.05 bits per heavy atom. The van der Waals surface area contributed by atoms with Crippen LogP contribution in [0.1, 0.15) is 12.8 Å². The summed E-state index contributed by atoms with van der Waals surface area (Å²) in [6.45, 7) is -0.686. The minimum atomic E-state index is -4.04. The Morgan fingerprint density at radius 2 is 1.54 bits per heavy atom. The van der Waals surface area contributed by atoms with Gasteiger partial charge in [-0.1, -0.05) is 72.0 Å². The monoisotopic (exact) mass is 611 g/mol. The number of carbonyl (C=O) groups is 2. The van der Waals surface area contributed by atoms with Crippen LogP contribution in [0.25, 0.3) is 0 Å². The summed E-state index contributed by atoms with van der Waals surface area (Å²) in [4.78, 5) is 39.8. The molecule has 3 aromatic carbocycles. The molecule has 0 atom stereocenters. The first-order valence-electron chi connectivity index (χ1n) is 12.2. The van der Waals surface area contributed by atoms with Gasteiger partial charge in [0.1, 0.15) is 9.37 Å². The van der Waals surface area contributed by atoms with Crippen LogP contribution in [0.15, 0.2) is 100 Å². The van der Waals surface area contributed by atoms with E-state index >= 15 is 0 Å². The molecule has 0 bridgehead atoms. The van der Waals surface area contributed by atoms with Crippen LogP contribution in [0, 0.1) is 10.1 Å². The van der Waals surface area contributed by atoms with Crippen molar-refractivity contribution in [3.63, 3.8) is 0 Å². The number of benzene rings is 3. The summed E-state index contributed by atoms with van der Waals surface area (Å²) >= 11 is 0.675. The number of amides is 1. The highest BCUT2D eigenvalue weighted by molar-refractivity contribution is 7.93. The third-order valence-electron chi connectivity index (χ3n) is 6.63. The normalized spacial score (nSPS) is 14.1. The minimum Gasteiger partial charge on any atom is -0.455 e. The van der Waals surface area contributed by atoms with Gasteiger partial charge in [-0.25, -0.2) is 13.4 Å². The average molecular weight is 612 g/mol. The van der Waals surface area contributed by atoms with Gasteiger partial charge in [-0.15, -0.1) is 0 Å². The van der Waals surface area contributed by atoms with Gasteiger partial charge in [-0.2, -0.15) is 0 Å². The molecular weight excluding hydrogens is 589 g/mol. The van der Waals surface area contributed by atoms with Crippen LogP contribution in [-0.4, -0.2) is 42.0 Å². The fourth-order valence-corrected chi connectivity index (χ4v) is 10.4. The predicted octanol–water partition coefficient (Wildman–Crippen LogP) is 3.91. The van der Waals surface area contributed by atoms with Gasteiger partial charge in [0.05, 0.1) is 16.0 Å². The van der Waals surface area contributed by atoms with Gasteiger partial charge < -0.3 is 9.30 Å². The molecule has 4 aromatic rings. The van der Waals surface area contributed by atoms with Crippen LogP contribution in [0.2, 0.25) is 0 Å². The van der Waals surface area contributed by atoms with Crippen LogP contribution < -0.4 is 15.9 Å². The molecule has 41 heavy (non-hydrogen) atoms. The number of rotatable bonds is 10. The molecule has 0 spiro atoms. The van der Waals surface area contributed by atoms with E-state index in [1.807, 2.05) is 0 Å². The summed E-state index contributed by atoms with van der Waals surface area (Å²) in [6, 6.07) is 21.9. The molecule has 1 saturated carbocycles. The second-order valence-corrected chi connectivity index (χ2v) is 15.5. The highest BCUT2D eigenvalue weighted by Crippen LogP contribution is 2.68. The Hall–Kier alpha value is -4.19. The second-order valence-electron chi connectivity index (χ2n) is 9.18. The van der Waals surface area contributed by atoms with Crippen molar-refractivity contribution in [1.29, 1.82) is 0 Å². The van der Waals surface area contributed by atoms with E-state index < -0.39 is 45.5 Å². The maximum Gasteiger partial charge on any atom is 0.320 e. The maximum absolute atomic E-state index is 14.6. The molecule has 1 aliphatic carbocycles. The van der Waals surface area contributed by atoms with E-state index in [9.17, 15) is 32.7 Å². The van der Waals surface area contributed by atoms with Gasteiger partial charge in [0.15, 0.2) is 18.9 Å². The number of carbonyl (C=O) groups excluding carboxylic acids is 2. The maximum atomic E-state index is 14.6. The van der Waals surface area contributed by atoms with E-state index in [0.717, 1.165) is 30.5 Å². The SMILES string of the molecule is O=C(COC(=O)C1(P(=O)(c2ccccc2)c2ccccc2)CC1)Nc1ncc(S(=O)(=O)c2ccc([N+](=O)[O-])cc2)s1. The fraction of sp³-hybridized carbons (Fsp3) is 0.148. The molecule has 11 nitrogen and oxygen atoms in total. The van der Waals surface area contributed by atoms with Gasteiger partial charge in [-0.3, -0.25) is 25.0 Å². The van der Waals surface area contributed by atoms with Crippen molar-refractivity contribution < 1.29 is 32.2 Å². The van der Waals surface area contributed by atoms with E-state index in [0.29, 0.717) is 34.8 Å². The molecule has 210 valence electrons. The predicted molar refractivity (Wildman–Crippen MR) is 152 cm³/mol. The number of nitrogens with one attached hydrogen (secondary N) is 1. The molecule has 1 N–H and O–H groups in total. The topological polar surface area (TPSA) is 163 Å². The Labute approximate surface area is 238 Å². The van der Waals surface area contributed by atoms with Gasteiger partial charge in [-0.05, 0) is 25.0 Å². The number of aromatic nitrogens is 1. The Kier molecular flexibility index (Phi) is 7.60. The lowest BCUT2D eigenvalue weighted by Gasteiger charge is -2.27. The standard InChI is InChI=1S/C27H22N3O8PS2/c31-23(29-26-28-17-24(40-26)41(36,37)22-13-11-19(12-14-22)30(33)34)18-38-25(32)27(15-16-27)39(35,20-7-3-1-4-8-20)21-9-5-2-6-10-21/h1-14,17H,15-16,18H2,(H,28,29,31). The number of esters is 1. The lowest BCUT2D eigenvalue weighted by atomic mass is 10.3. The quantitative estimate of drug-likeness (QED) is 0.121. The lowest BCUT2D eigenvalue weighted by molar-refractivity contribution is -0.384. The number of non-ortho nitro benzene ring substituents is 1. The van der Waals surface area contributed by atoms with Crippen molar-refractivity contribution in [3.8, 4) is 0 Å². The first-order valence-corrected chi connectivity index (χ1v) is 16.2. The van der Waals surface area contributed by atoms with Crippen LogP contribution >= 0.6 is 18.5 Å². The first-order chi connectivity index (χ1) is 19.6. The Bertz CT molecular complexity index is 1730. The zero-order valence-electron chi connectivity index (χ0n) is 21.2. The third-order valence-corrected chi connectivity index (χ3v) is 13.7. The summed E-state index contributed by atoms with van der Waals surface area (Å²) in [5.41, 5.74) is -0.257. The van der Waals surface area contributed by atoms with Crippen molar-refractivity contribution in [2.45, 2.75) is 27.1 Å². The van der Waals surface area contributed by atoms with E-state index in [4.69, 9.17) is 4.74 Å². The number of nitrogens with zero attached hydrogens (tertiary/aromatic N) is 2. The summed E-state index contributed by atoms with van der Waals surface area (Å²) in [7, 11) is -7.51. The van der Waals surface area contributed by atoms with Gasteiger partial charge in [0.25, 0.3) is 11.6 Å². The molecule has 0 saturated heterocycles. The van der Waals surface area contributed by atoms with E-state index in [1.165, 1.54) is 0 Å². The third kappa shape index (κ3) is 5.31. The first kappa shape index (κ1) is 28.3. The second kappa shape index (κ2) is 11.0. The van der Waals surface area contributed by atoms with E-state index in [1.54, 1.807) is 60.7 Å². The average Bonchev–Trinajstić information content (AvgIpc) is 3.68. The van der Waals surface area contributed by atoms with E-state index in [-0.39, 0.29) is 19.9 Å². The summed E-state index contributed by atoms with van der Waals surface area (Å²) in [5.74, 6) is -1.50. The molecule has 0 radical (unpaired) electrons. The van der Waals surface area contributed by atoms with Crippen LogP contribution in [-0.2, 0) is 28.7 Å². The molecule has 1 aliphatic rings. The zero-order valence-corrected chi connectivity index (χ0v) is 23.7. The largest absolute Gasteiger partial charge is 0.455 e. The van der Waals surface area contributed by atoms with Crippen molar-refractivity contribution in [2.75, 3.05) is 11.9 Å². The lowest BCUT2D eigenvalue weighted by Crippen LogP contribution is -2.36. The van der Waals surface area contributed by atoms with E-state index in [2.05, 4.69) is 10.3 Å². The number of nitro benzene ring substituents is 1. The molecule has 0 unspecified atom stereocenters. The van der Waals surface area contributed by atoms with Gasteiger partial charge >= 0.3 is 5.97 Å². The molecule has 1 aromatic heterocycles. The number of anilines is 1. The van der Waals surface area contributed by atoms with Crippen molar-refractivity contribution in [3.05, 3.63) is 101 Å². The molecular formula is C27H22N3O8PS2. The van der Waals surface area contributed by atoms with Crippen molar-refractivity contribution >= 4 is 61.6 Å². The minimum absolute atomic E-state index is 0.0492. The fourth-order valence-electron chi connectivity index (χ4n) is 4.41. The molecule has 1 heterocycles. The number of thiazole rings is 1. The summed E-state index contributed by atoms with van der Waals surface area (Å²) in [6.07, 6.45) is 1.73. The van der Waals surface area contributed by atoms with Crippen molar-refractivity contribution in [1.82, 2.24) is 4.98 Å². The molecule has 5 rings (SSSR count). The Balaban J connectivity index is 1.27. The number of nitro groups is 1. The smallest absolute Gasteiger partial charge is 0.320 e. The number of hydrogen-bond donors (Lipinski definition) is 1. The highest BCUT2D eigenvalue weighted by Gasteiger charge is 2.65. The summed E-state index contributed by atoms with van der Waals surface area (Å²) < 4.78 is 45.5. The van der Waals surface area contributed by atoms with Crippen LogP contribution in [0.4, 0.5) is 10.8 Å². The highest BCUT2D eigenvalue weighted by atomic mass is 32.2.